The van der Waals surface area contributed by atoms with E-state index in [1.807, 2.05) is 6.07 Å². The van der Waals surface area contributed by atoms with Crippen LogP contribution in [0.2, 0.25) is 18.6 Å². The van der Waals surface area contributed by atoms with Crippen molar-refractivity contribution in [2.75, 3.05) is 0 Å². The van der Waals surface area contributed by atoms with Crippen molar-refractivity contribution in [1.29, 1.82) is 0 Å². The zero-order chi connectivity index (χ0) is 11.5. The van der Waals surface area contributed by atoms with Gasteiger partial charge in [0, 0.05) is 6.42 Å². The van der Waals surface area contributed by atoms with E-state index in [-0.39, 0.29) is 5.24 Å². The summed E-state index contributed by atoms with van der Waals surface area (Å²) in [4.78, 5) is 10.9. The highest BCUT2D eigenvalue weighted by molar-refractivity contribution is 6.91. The van der Waals surface area contributed by atoms with Gasteiger partial charge in [-0.1, -0.05) is 55.5 Å². The lowest BCUT2D eigenvalue weighted by molar-refractivity contribution is -0.111. The Morgan fingerprint density at radius 1 is 1.33 bits per heavy atom. The van der Waals surface area contributed by atoms with E-state index in [4.69, 9.17) is 11.6 Å². The topological polar surface area (TPSA) is 17.1 Å². The van der Waals surface area contributed by atoms with Crippen LogP contribution in [0.4, 0.5) is 0 Å². The van der Waals surface area contributed by atoms with E-state index in [0.717, 1.165) is 0 Å². The molecule has 1 atom stereocenters. The van der Waals surface area contributed by atoms with Gasteiger partial charge in [0.15, 0.2) is 0 Å². The molecule has 1 nitrogen and oxygen atoms in total. The minimum Gasteiger partial charge on any atom is -0.281 e. The molecule has 1 aromatic rings. The van der Waals surface area contributed by atoms with Crippen molar-refractivity contribution < 1.29 is 4.79 Å². The van der Waals surface area contributed by atoms with Gasteiger partial charge in [-0.25, -0.2) is 0 Å². The summed E-state index contributed by atoms with van der Waals surface area (Å²) in [7, 11) is -1.55. The summed E-state index contributed by atoms with van der Waals surface area (Å²) < 4.78 is 0. The summed E-state index contributed by atoms with van der Waals surface area (Å²) in [5.74, 6) is 0. The lowest BCUT2D eigenvalue weighted by atomic mass is 10.3. The molecule has 0 saturated carbocycles. The van der Waals surface area contributed by atoms with Crippen molar-refractivity contribution in [1.82, 2.24) is 0 Å². The van der Waals surface area contributed by atoms with Crippen LogP contribution in [0, 0.1) is 0 Å². The third-order valence-corrected chi connectivity index (χ3v) is 7.86. The maximum absolute atomic E-state index is 10.9. The van der Waals surface area contributed by atoms with Gasteiger partial charge in [-0.3, -0.25) is 4.79 Å². The van der Waals surface area contributed by atoms with Gasteiger partial charge >= 0.3 is 0 Å². The largest absolute Gasteiger partial charge is 0.281 e. The second-order valence-electron chi connectivity index (χ2n) is 4.55. The van der Waals surface area contributed by atoms with Gasteiger partial charge in [-0.15, -0.1) is 0 Å². The number of carbonyl (C=O) groups is 1. The zero-order valence-electron chi connectivity index (χ0n) is 9.46. The first-order chi connectivity index (χ1) is 6.94. The fraction of sp³-hybridized carbons (Fsp3) is 0.417. The Kier molecular flexibility index (Phi) is 4.11. The molecule has 0 unspecified atom stereocenters. The molecule has 0 aliphatic carbocycles. The van der Waals surface area contributed by atoms with E-state index >= 15 is 0 Å². The summed E-state index contributed by atoms with van der Waals surface area (Å²) in [6.07, 6.45) is 0.482. The van der Waals surface area contributed by atoms with Crippen LogP contribution in [0.1, 0.15) is 13.3 Å². The zero-order valence-corrected chi connectivity index (χ0v) is 11.2. The van der Waals surface area contributed by atoms with Gasteiger partial charge in [-0.2, -0.15) is 0 Å². The predicted octanol–water partition coefficient (Wildman–Crippen LogP) is 3.15. The summed E-state index contributed by atoms with van der Waals surface area (Å²) >= 11 is 5.45. The lowest BCUT2D eigenvalue weighted by Crippen LogP contribution is -2.45. The number of hydrogen-bond donors (Lipinski definition) is 0. The van der Waals surface area contributed by atoms with Crippen molar-refractivity contribution in [2.24, 2.45) is 0 Å². The molecule has 0 bridgehead atoms. The third kappa shape index (κ3) is 3.18. The minimum atomic E-state index is -1.55. The molecule has 0 saturated heterocycles. The van der Waals surface area contributed by atoms with Gasteiger partial charge in [0.1, 0.15) is 0 Å². The first-order valence-electron chi connectivity index (χ1n) is 5.18. The maximum Gasteiger partial charge on any atom is 0.221 e. The molecule has 0 fully saturated rings. The van der Waals surface area contributed by atoms with Crippen LogP contribution in [0.3, 0.4) is 0 Å². The van der Waals surface area contributed by atoms with Crippen LogP contribution in [-0.4, -0.2) is 13.3 Å². The molecule has 0 amide bonds. The molecule has 0 aliphatic heterocycles. The molecule has 1 aromatic carbocycles. The average Bonchev–Trinajstić information content (AvgIpc) is 2.18. The highest BCUT2D eigenvalue weighted by Gasteiger charge is 2.31. The molecular weight excluding hydrogens is 224 g/mol. The Morgan fingerprint density at radius 3 is 2.33 bits per heavy atom. The first kappa shape index (κ1) is 12.5. The van der Waals surface area contributed by atoms with Crippen LogP contribution >= 0.6 is 11.6 Å². The molecule has 0 heterocycles. The lowest BCUT2D eigenvalue weighted by Gasteiger charge is -2.29. The molecular formula is C12H17ClOSi. The quantitative estimate of drug-likeness (QED) is 0.584. The third-order valence-electron chi connectivity index (χ3n) is 3.22. The highest BCUT2D eigenvalue weighted by atomic mass is 35.5. The van der Waals surface area contributed by atoms with Gasteiger partial charge < -0.3 is 0 Å². The smallest absolute Gasteiger partial charge is 0.221 e. The second-order valence-corrected chi connectivity index (χ2v) is 9.98. The van der Waals surface area contributed by atoms with Gasteiger partial charge in [0.2, 0.25) is 5.24 Å². The molecule has 15 heavy (non-hydrogen) atoms. The van der Waals surface area contributed by atoms with E-state index in [0.29, 0.717) is 12.0 Å². The van der Waals surface area contributed by atoms with Crippen LogP contribution < -0.4 is 5.19 Å². The van der Waals surface area contributed by atoms with Crippen LogP contribution in [0.25, 0.3) is 0 Å². The SMILES string of the molecule is C[C@@H](CC(=O)Cl)[Si](C)(C)c1ccccc1. The monoisotopic (exact) mass is 240 g/mol. The number of carbonyl (C=O) groups excluding carboxylic acids is 1. The molecule has 0 spiro atoms. The highest BCUT2D eigenvalue weighted by Crippen LogP contribution is 2.25. The fourth-order valence-electron chi connectivity index (χ4n) is 1.65. The number of rotatable bonds is 4. The first-order valence-corrected chi connectivity index (χ1v) is 8.64. The van der Waals surface area contributed by atoms with E-state index in [1.165, 1.54) is 5.19 Å². The number of benzene rings is 1. The Balaban J connectivity index is 2.87. The molecule has 0 N–H and O–H groups in total. The Hall–Kier alpha value is -0.603. The minimum absolute atomic E-state index is 0.223. The van der Waals surface area contributed by atoms with E-state index < -0.39 is 8.07 Å². The van der Waals surface area contributed by atoms with E-state index in [1.54, 1.807) is 0 Å². The van der Waals surface area contributed by atoms with Gasteiger partial charge in [0.05, 0.1) is 8.07 Å². The molecule has 82 valence electrons. The Labute approximate surface area is 97.5 Å². The normalized spacial score (nSPS) is 13.6. The summed E-state index contributed by atoms with van der Waals surface area (Å²) in [5, 5.41) is 1.16. The second kappa shape index (κ2) is 4.95. The fourth-order valence-corrected chi connectivity index (χ4v) is 4.33. The van der Waals surface area contributed by atoms with Crippen molar-refractivity contribution in [3.63, 3.8) is 0 Å². The Bertz CT molecular complexity index is 335. The molecule has 0 aromatic heterocycles. The number of hydrogen-bond acceptors (Lipinski definition) is 1. The average molecular weight is 241 g/mol. The van der Waals surface area contributed by atoms with Crippen LogP contribution in [0.15, 0.2) is 30.3 Å². The molecule has 0 radical (unpaired) electrons. The standard InChI is InChI=1S/C12H17ClOSi/c1-10(9-12(13)14)15(2,3)11-7-5-4-6-8-11/h4-8,10H,9H2,1-3H3/t10-/m0/s1. The van der Waals surface area contributed by atoms with Crippen molar-refractivity contribution in [3.8, 4) is 0 Å². The van der Waals surface area contributed by atoms with Crippen LogP contribution in [0.5, 0.6) is 0 Å². The summed E-state index contributed by atoms with van der Waals surface area (Å²) in [5.41, 5.74) is 0.380. The van der Waals surface area contributed by atoms with Gasteiger partial charge in [-0.05, 0) is 17.1 Å². The van der Waals surface area contributed by atoms with Crippen LogP contribution in [-0.2, 0) is 4.79 Å². The van der Waals surface area contributed by atoms with Crippen molar-refractivity contribution in [3.05, 3.63) is 30.3 Å². The van der Waals surface area contributed by atoms with Crippen molar-refractivity contribution >= 4 is 30.1 Å². The molecule has 3 heteroatoms. The summed E-state index contributed by atoms with van der Waals surface area (Å²) in [6, 6.07) is 10.4. The number of halogens is 1. The molecule has 0 aliphatic rings. The molecule has 1 rings (SSSR count). The van der Waals surface area contributed by atoms with Gasteiger partial charge in [0.25, 0.3) is 0 Å². The van der Waals surface area contributed by atoms with Crippen molar-refractivity contribution in [2.45, 2.75) is 32.0 Å². The van der Waals surface area contributed by atoms with E-state index in [9.17, 15) is 4.79 Å². The van der Waals surface area contributed by atoms with E-state index in [2.05, 4.69) is 44.3 Å². The Morgan fingerprint density at radius 2 is 1.87 bits per heavy atom. The predicted molar refractivity (Wildman–Crippen MR) is 68.5 cm³/mol. The summed E-state index contributed by atoms with van der Waals surface area (Å²) in [6.45, 7) is 6.69. The maximum atomic E-state index is 10.9.